The molecule has 3 amide bonds. The molecule has 0 saturated heterocycles. The van der Waals surface area contributed by atoms with Gasteiger partial charge in [0.15, 0.2) is 0 Å². The molecule has 0 aromatic rings. The topological polar surface area (TPSA) is 111 Å². The highest BCUT2D eigenvalue weighted by Gasteiger charge is 2.19. The molecular formula is C14H27N3O4. The quantitative estimate of drug-likeness (QED) is 0.443. The first-order valence-electron chi connectivity index (χ1n) is 7.36. The van der Waals surface area contributed by atoms with Crippen molar-refractivity contribution in [3.05, 3.63) is 0 Å². The second-order valence-corrected chi connectivity index (χ2v) is 4.85. The SMILES string of the molecule is CCCNC(=O)CCCCCNC(=O)C(CC(N)=O)OC. The van der Waals surface area contributed by atoms with Crippen molar-refractivity contribution in [3.8, 4) is 0 Å². The fourth-order valence-electron chi connectivity index (χ4n) is 1.73. The first kappa shape index (κ1) is 19.4. The Kier molecular flexibility index (Phi) is 11.2. The van der Waals surface area contributed by atoms with Crippen LogP contribution in [0.15, 0.2) is 0 Å². The van der Waals surface area contributed by atoms with Crippen LogP contribution in [0.25, 0.3) is 0 Å². The minimum atomic E-state index is -0.831. The smallest absolute Gasteiger partial charge is 0.249 e. The third kappa shape index (κ3) is 10.8. The van der Waals surface area contributed by atoms with E-state index in [9.17, 15) is 14.4 Å². The molecule has 21 heavy (non-hydrogen) atoms. The Morgan fingerprint density at radius 1 is 1.10 bits per heavy atom. The molecule has 0 aliphatic heterocycles. The number of primary amides is 1. The third-order valence-electron chi connectivity index (χ3n) is 2.92. The molecule has 0 bridgehead atoms. The Morgan fingerprint density at radius 3 is 2.38 bits per heavy atom. The molecule has 0 aliphatic carbocycles. The van der Waals surface area contributed by atoms with Gasteiger partial charge < -0.3 is 21.1 Å². The minimum absolute atomic E-state index is 0.0711. The molecule has 0 rings (SSSR count). The summed E-state index contributed by atoms with van der Waals surface area (Å²) in [6.07, 6.45) is 2.91. The van der Waals surface area contributed by atoms with Gasteiger partial charge in [0, 0.05) is 26.6 Å². The number of carbonyl (C=O) groups excluding carboxylic acids is 3. The summed E-state index contributed by atoms with van der Waals surface area (Å²) in [6.45, 7) is 3.22. The van der Waals surface area contributed by atoms with Crippen LogP contribution in [0.4, 0.5) is 0 Å². The molecule has 122 valence electrons. The van der Waals surface area contributed by atoms with Crippen LogP contribution in [0.3, 0.4) is 0 Å². The number of nitrogens with two attached hydrogens (primary N) is 1. The van der Waals surface area contributed by atoms with Crippen LogP contribution in [0.1, 0.15) is 45.4 Å². The van der Waals surface area contributed by atoms with Gasteiger partial charge in [-0.2, -0.15) is 0 Å². The largest absolute Gasteiger partial charge is 0.371 e. The lowest BCUT2D eigenvalue weighted by molar-refractivity contribution is -0.135. The van der Waals surface area contributed by atoms with Crippen LogP contribution >= 0.6 is 0 Å². The molecular weight excluding hydrogens is 274 g/mol. The number of hydrogen-bond acceptors (Lipinski definition) is 4. The van der Waals surface area contributed by atoms with E-state index in [1.807, 2.05) is 6.92 Å². The number of methoxy groups -OCH3 is 1. The summed E-state index contributed by atoms with van der Waals surface area (Å²) in [4.78, 5) is 33.7. The molecule has 4 N–H and O–H groups in total. The van der Waals surface area contributed by atoms with E-state index in [2.05, 4.69) is 10.6 Å². The summed E-state index contributed by atoms with van der Waals surface area (Å²) < 4.78 is 4.90. The van der Waals surface area contributed by atoms with Crippen molar-refractivity contribution in [2.75, 3.05) is 20.2 Å². The monoisotopic (exact) mass is 301 g/mol. The number of hydrogen-bond donors (Lipinski definition) is 3. The van der Waals surface area contributed by atoms with Crippen molar-refractivity contribution in [2.45, 2.75) is 51.6 Å². The highest BCUT2D eigenvalue weighted by atomic mass is 16.5. The normalized spacial score (nSPS) is 11.7. The van der Waals surface area contributed by atoms with Gasteiger partial charge in [-0.25, -0.2) is 0 Å². The van der Waals surface area contributed by atoms with Gasteiger partial charge in [-0.3, -0.25) is 14.4 Å². The van der Waals surface area contributed by atoms with E-state index in [4.69, 9.17) is 10.5 Å². The van der Waals surface area contributed by atoms with Gasteiger partial charge in [-0.1, -0.05) is 13.3 Å². The van der Waals surface area contributed by atoms with Gasteiger partial charge in [0.25, 0.3) is 0 Å². The van der Waals surface area contributed by atoms with E-state index < -0.39 is 12.0 Å². The summed E-state index contributed by atoms with van der Waals surface area (Å²) in [5.74, 6) is -0.839. The standard InChI is InChI=1S/C14H27N3O4/c1-3-8-16-13(19)7-5-4-6-9-17-14(20)11(21-2)10-12(15)18/h11H,3-10H2,1-2H3,(H2,15,18)(H,16,19)(H,17,20). The molecule has 0 aromatic carbocycles. The highest BCUT2D eigenvalue weighted by Crippen LogP contribution is 2.00. The summed E-state index contributed by atoms with van der Waals surface area (Å²) in [7, 11) is 1.36. The van der Waals surface area contributed by atoms with Gasteiger partial charge in [0.05, 0.1) is 6.42 Å². The van der Waals surface area contributed by atoms with Crippen LogP contribution in [-0.2, 0) is 19.1 Å². The molecule has 1 unspecified atom stereocenters. The summed E-state index contributed by atoms with van der Waals surface area (Å²) >= 11 is 0. The van der Waals surface area contributed by atoms with Gasteiger partial charge in [0.2, 0.25) is 17.7 Å². The average molecular weight is 301 g/mol. The first-order chi connectivity index (χ1) is 10.0. The summed E-state index contributed by atoms with van der Waals surface area (Å²) in [5.41, 5.74) is 5.03. The molecule has 0 saturated carbocycles. The van der Waals surface area contributed by atoms with Crippen molar-refractivity contribution in [1.82, 2.24) is 10.6 Å². The fourth-order valence-corrected chi connectivity index (χ4v) is 1.73. The Bertz CT molecular complexity index is 334. The molecule has 0 aromatic heterocycles. The van der Waals surface area contributed by atoms with E-state index in [0.717, 1.165) is 25.7 Å². The number of ether oxygens (including phenoxy) is 1. The predicted octanol–water partition coefficient (Wildman–Crippen LogP) is 0.0796. The lowest BCUT2D eigenvalue weighted by atomic mass is 10.1. The molecule has 0 aliphatic rings. The maximum absolute atomic E-state index is 11.7. The number of unbranched alkanes of at least 4 members (excludes halogenated alkanes) is 2. The molecule has 0 spiro atoms. The van der Waals surface area contributed by atoms with Gasteiger partial charge in [0.1, 0.15) is 6.10 Å². The highest BCUT2D eigenvalue weighted by molar-refractivity contribution is 5.86. The number of nitrogens with one attached hydrogen (secondary N) is 2. The Morgan fingerprint density at radius 2 is 1.81 bits per heavy atom. The predicted molar refractivity (Wildman–Crippen MR) is 79.4 cm³/mol. The van der Waals surface area contributed by atoms with Crippen LogP contribution < -0.4 is 16.4 Å². The van der Waals surface area contributed by atoms with Crippen LogP contribution in [0.5, 0.6) is 0 Å². The average Bonchev–Trinajstić information content (AvgIpc) is 2.45. The first-order valence-corrected chi connectivity index (χ1v) is 7.36. The van der Waals surface area contributed by atoms with Crippen molar-refractivity contribution in [1.29, 1.82) is 0 Å². The van der Waals surface area contributed by atoms with Crippen molar-refractivity contribution in [2.24, 2.45) is 5.73 Å². The Hall–Kier alpha value is -1.63. The van der Waals surface area contributed by atoms with Crippen LogP contribution in [0, 0.1) is 0 Å². The minimum Gasteiger partial charge on any atom is -0.371 e. The van der Waals surface area contributed by atoms with Crippen molar-refractivity contribution in [3.63, 3.8) is 0 Å². The lowest BCUT2D eigenvalue weighted by Gasteiger charge is -2.13. The second-order valence-electron chi connectivity index (χ2n) is 4.85. The third-order valence-corrected chi connectivity index (χ3v) is 2.92. The second kappa shape index (κ2) is 12.1. The lowest BCUT2D eigenvalue weighted by Crippen LogP contribution is -2.38. The fraction of sp³-hybridized carbons (Fsp3) is 0.786. The zero-order chi connectivity index (χ0) is 16.1. The van der Waals surface area contributed by atoms with Crippen LogP contribution in [0.2, 0.25) is 0 Å². The Balaban J connectivity index is 3.63. The van der Waals surface area contributed by atoms with E-state index in [0.29, 0.717) is 19.5 Å². The van der Waals surface area contributed by atoms with E-state index in [1.165, 1.54) is 7.11 Å². The van der Waals surface area contributed by atoms with E-state index in [1.54, 1.807) is 0 Å². The Labute approximate surface area is 126 Å². The van der Waals surface area contributed by atoms with E-state index >= 15 is 0 Å². The number of rotatable bonds is 12. The van der Waals surface area contributed by atoms with Gasteiger partial charge in [-0.15, -0.1) is 0 Å². The number of amides is 3. The maximum Gasteiger partial charge on any atom is 0.249 e. The number of carbonyl (C=O) groups is 3. The zero-order valence-corrected chi connectivity index (χ0v) is 12.9. The van der Waals surface area contributed by atoms with Crippen molar-refractivity contribution >= 4 is 17.7 Å². The molecule has 0 fully saturated rings. The molecule has 0 radical (unpaired) electrons. The summed E-state index contributed by atoms with van der Waals surface area (Å²) in [5, 5.41) is 5.50. The van der Waals surface area contributed by atoms with Crippen LogP contribution in [-0.4, -0.2) is 44.0 Å². The summed E-state index contributed by atoms with van der Waals surface area (Å²) in [6, 6.07) is 0. The molecule has 0 heterocycles. The molecule has 1 atom stereocenters. The molecule has 7 heteroatoms. The molecule has 7 nitrogen and oxygen atoms in total. The van der Waals surface area contributed by atoms with Gasteiger partial charge >= 0.3 is 0 Å². The zero-order valence-electron chi connectivity index (χ0n) is 12.9. The van der Waals surface area contributed by atoms with Gasteiger partial charge in [-0.05, 0) is 19.3 Å². The van der Waals surface area contributed by atoms with E-state index in [-0.39, 0.29) is 18.2 Å². The van der Waals surface area contributed by atoms with Crippen molar-refractivity contribution < 1.29 is 19.1 Å². The maximum atomic E-state index is 11.7.